The number of esters is 1. The molecule has 0 saturated carbocycles. The van der Waals surface area contributed by atoms with Crippen molar-refractivity contribution >= 4 is 5.97 Å². The van der Waals surface area contributed by atoms with E-state index in [1.165, 1.54) is 31.3 Å². The van der Waals surface area contributed by atoms with E-state index in [4.69, 9.17) is 0 Å². The van der Waals surface area contributed by atoms with E-state index >= 15 is 0 Å². The predicted octanol–water partition coefficient (Wildman–Crippen LogP) is 1.63. The Labute approximate surface area is 95.6 Å². The number of carbonyl (C=O) groups excluding carboxylic acids is 1. The number of nitrogens with zero attached hydrogens (tertiary/aromatic N) is 2. The van der Waals surface area contributed by atoms with Crippen molar-refractivity contribution in [2.75, 3.05) is 7.11 Å². The number of ether oxygens (including phenoxy) is 1. The van der Waals surface area contributed by atoms with E-state index in [1.54, 1.807) is 0 Å². The van der Waals surface area contributed by atoms with Gasteiger partial charge in [0.05, 0.1) is 19.2 Å². The summed E-state index contributed by atoms with van der Waals surface area (Å²) in [6.07, 6.45) is 5.08. The molecule has 0 fully saturated rings. The monoisotopic (exact) mass is 222 g/mol. The summed E-state index contributed by atoms with van der Waals surface area (Å²) < 4.78 is 6.83. The number of aryl methyl sites for hydroxylation is 2. The maximum absolute atomic E-state index is 11.1. The van der Waals surface area contributed by atoms with Crippen LogP contribution in [0.1, 0.15) is 36.5 Å². The van der Waals surface area contributed by atoms with Gasteiger partial charge in [-0.2, -0.15) is 0 Å². The van der Waals surface area contributed by atoms with Gasteiger partial charge in [-0.1, -0.05) is 0 Å². The van der Waals surface area contributed by atoms with Gasteiger partial charge in [-0.15, -0.1) is 0 Å². The first-order valence-corrected chi connectivity index (χ1v) is 5.84. The first-order valence-electron chi connectivity index (χ1n) is 5.84. The summed E-state index contributed by atoms with van der Waals surface area (Å²) in [6.45, 7) is 2.70. The van der Waals surface area contributed by atoms with E-state index in [-0.39, 0.29) is 5.97 Å². The van der Waals surface area contributed by atoms with Crippen LogP contribution in [0.4, 0.5) is 0 Å². The van der Waals surface area contributed by atoms with Gasteiger partial charge >= 0.3 is 5.97 Å². The molecule has 4 heteroatoms. The molecule has 1 aromatic heterocycles. The Hall–Kier alpha value is -1.32. The zero-order chi connectivity index (χ0) is 11.5. The van der Waals surface area contributed by atoms with Crippen LogP contribution in [0.2, 0.25) is 0 Å². The largest absolute Gasteiger partial charge is 0.469 e. The highest BCUT2D eigenvalue weighted by Gasteiger charge is 2.18. The van der Waals surface area contributed by atoms with Gasteiger partial charge < -0.3 is 9.30 Å². The number of hydrogen-bond donors (Lipinski definition) is 0. The Morgan fingerprint density at radius 1 is 1.44 bits per heavy atom. The maximum atomic E-state index is 11.1. The number of hydrogen-bond acceptors (Lipinski definition) is 3. The Kier molecular flexibility index (Phi) is 3.27. The van der Waals surface area contributed by atoms with Crippen LogP contribution in [0, 0.1) is 6.92 Å². The highest BCUT2D eigenvalue weighted by molar-refractivity contribution is 5.69. The summed E-state index contributed by atoms with van der Waals surface area (Å²) in [5.41, 5.74) is 2.56. The summed E-state index contributed by atoms with van der Waals surface area (Å²) >= 11 is 0. The molecule has 1 aromatic rings. The van der Waals surface area contributed by atoms with Gasteiger partial charge in [0.15, 0.2) is 0 Å². The smallest absolute Gasteiger partial charge is 0.307 e. The molecule has 0 bridgehead atoms. The molecule has 0 saturated heterocycles. The lowest BCUT2D eigenvalue weighted by molar-refractivity contribution is -0.140. The van der Waals surface area contributed by atoms with Crippen molar-refractivity contribution in [1.82, 2.24) is 9.55 Å². The summed E-state index contributed by atoms with van der Waals surface area (Å²) in [5.74, 6) is 0.869. The minimum Gasteiger partial charge on any atom is -0.469 e. The zero-order valence-electron chi connectivity index (χ0n) is 9.95. The topological polar surface area (TPSA) is 44.1 Å². The molecule has 16 heavy (non-hydrogen) atoms. The van der Waals surface area contributed by atoms with Crippen LogP contribution in [0.15, 0.2) is 0 Å². The van der Waals surface area contributed by atoms with Gasteiger partial charge in [0.25, 0.3) is 0 Å². The molecule has 1 aliphatic carbocycles. The molecule has 0 radical (unpaired) electrons. The average Bonchev–Trinajstić information content (AvgIpc) is 2.62. The standard InChI is InChI=1S/C12H18N2O2/c1-9-13-10-5-3-4-6-11(10)14(9)8-7-12(15)16-2/h3-8H2,1-2H3. The second kappa shape index (κ2) is 4.68. The third-order valence-electron chi connectivity index (χ3n) is 3.19. The minimum absolute atomic E-state index is 0.155. The fourth-order valence-electron chi connectivity index (χ4n) is 2.34. The molecule has 0 spiro atoms. The maximum Gasteiger partial charge on any atom is 0.307 e. The normalized spacial score (nSPS) is 14.6. The quantitative estimate of drug-likeness (QED) is 0.730. The lowest BCUT2D eigenvalue weighted by Gasteiger charge is -2.14. The predicted molar refractivity (Wildman–Crippen MR) is 60.2 cm³/mol. The van der Waals surface area contributed by atoms with E-state index in [9.17, 15) is 4.79 Å². The third kappa shape index (κ3) is 2.10. The van der Waals surface area contributed by atoms with Gasteiger partial charge in [0, 0.05) is 12.2 Å². The number of methoxy groups -OCH3 is 1. The van der Waals surface area contributed by atoms with E-state index in [0.29, 0.717) is 13.0 Å². The fourth-order valence-corrected chi connectivity index (χ4v) is 2.34. The number of aromatic nitrogens is 2. The zero-order valence-corrected chi connectivity index (χ0v) is 9.95. The highest BCUT2D eigenvalue weighted by atomic mass is 16.5. The van der Waals surface area contributed by atoms with Gasteiger partial charge in [-0.05, 0) is 32.6 Å². The third-order valence-corrected chi connectivity index (χ3v) is 3.19. The summed E-state index contributed by atoms with van der Waals surface area (Å²) in [5, 5.41) is 0. The first-order chi connectivity index (χ1) is 7.72. The molecule has 0 amide bonds. The van der Waals surface area contributed by atoms with Crippen LogP contribution >= 0.6 is 0 Å². The second-order valence-corrected chi connectivity index (χ2v) is 4.24. The fraction of sp³-hybridized carbons (Fsp3) is 0.667. The van der Waals surface area contributed by atoms with Crippen LogP contribution < -0.4 is 0 Å². The van der Waals surface area contributed by atoms with Gasteiger partial charge in [0.2, 0.25) is 0 Å². The number of imidazole rings is 1. The second-order valence-electron chi connectivity index (χ2n) is 4.24. The average molecular weight is 222 g/mol. The summed E-state index contributed by atoms with van der Waals surface area (Å²) in [7, 11) is 1.43. The summed E-state index contributed by atoms with van der Waals surface area (Å²) in [4.78, 5) is 15.7. The van der Waals surface area contributed by atoms with Crippen LogP contribution in [-0.4, -0.2) is 22.6 Å². The number of fused-ring (bicyclic) bond motifs is 1. The molecule has 1 heterocycles. The van der Waals surface area contributed by atoms with Crippen molar-refractivity contribution in [3.8, 4) is 0 Å². The molecule has 0 atom stereocenters. The molecule has 4 nitrogen and oxygen atoms in total. The summed E-state index contributed by atoms with van der Waals surface area (Å²) in [6, 6.07) is 0. The minimum atomic E-state index is -0.155. The number of rotatable bonds is 3. The van der Waals surface area contributed by atoms with Gasteiger partial charge in [-0.3, -0.25) is 4.79 Å². The van der Waals surface area contributed by atoms with Crippen LogP contribution in [0.5, 0.6) is 0 Å². The van der Waals surface area contributed by atoms with Crippen molar-refractivity contribution in [3.63, 3.8) is 0 Å². The van der Waals surface area contributed by atoms with Crippen LogP contribution in [0.3, 0.4) is 0 Å². The molecule has 0 N–H and O–H groups in total. The first kappa shape index (κ1) is 11.2. The van der Waals surface area contributed by atoms with E-state index in [2.05, 4.69) is 14.3 Å². The SMILES string of the molecule is COC(=O)CCn1c(C)nc2c1CCCC2. The molecular formula is C12H18N2O2. The van der Waals surface area contributed by atoms with Crippen molar-refractivity contribution in [2.24, 2.45) is 0 Å². The molecule has 0 aliphatic heterocycles. The van der Waals surface area contributed by atoms with E-state index in [1.807, 2.05) is 6.92 Å². The van der Waals surface area contributed by atoms with E-state index in [0.717, 1.165) is 18.7 Å². The van der Waals surface area contributed by atoms with Crippen LogP contribution in [-0.2, 0) is 28.9 Å². The Morgan fingerprint density at radius 2 is 2.19 bits per heavy atom. The van der Waals surface area contributed by atoms with Gasteiger partial charge in [0.1, 0.15) is 5.82 Å². The van der Waals surface area contributed by atoms with E-state index < -0.39 is 0 Å². The molecular weight excluding hydrogens is 204 g/mol. The molecule has 0 unspecified atom stereocenters. The lowest BCUT2D eigenvalue weighted by atomic mass is 10.0. The highest BCUT2D eigenvalue weighted by Crippen LogP contribution is 2.22. The molecule has 0 aromatic carbocycles. The van der Waals surface area contributed by atoms with Crippen molar-refractivity contribution in [2.45, 2.75) is 45.6 Å². The molecule has 88 valence electrons. The van der Waals surface area contributed by atoms with Crippen molar-refractivity contribution < 1.29 is 9.53 Å². The number of carbonyl (C=O) groups is 1. The van der Waals surface area contributed by atoms with Crippen molar-refractivity contribution in [1.29, 1.82) is 0 Å². The Balaban J connectivity index is 2.13. The Morgan fingerprint density at radius 3 is 2.94 bits per heavy atom. The molecule has 2 rings (SSSR count). The molecule has 1 aliphatic rings. The lowest BCUT2D eigenvalue weighted by Crippen LogP contribution is -2.12. The van der Waals surface area contributed by atoms with Crippen LogP contribution in [0.25, 0.3) is 0 Å². The Bertz CT molecular complexity index is 396. The van der Waals surface area contributed by atoms with Crippen molar-refractivity contribution in [3.05, 3.63) is 17.2 Å². The van der Waals surface area contributed by atoms with Gasteiger partial charge in [-0.25, -0.2) is 4.98 Å².